The number of hydrogen-bond donors (Lipinski definition) is 0. The molecule has 0 bridgehead atoms. The summed E-state index contributed by atoms with van der Waals surface area (Å²) in [6, 6.07) is 6.72. The van der Waals surface area contributed by atoms with Crippen LogP contribution < -0.4 is 0 Å². The van der Waals surface area contributed by atoms with Gasteiger partial charge in [0.2, 0.25) is 0 Å². The Kier molecular flexibility index (Phi) is 9.18. The van der Waals surface area contributed by atoms with E-state index in [2.05, 4.69) is 27.9 Å². The second-order valence-electron chi connectivity index (χ2n) is 3.76. The third-order valence-electron chi connectivity index (χ3n) is 2.29. The van der Waals surface area contributed by atoms with Gasteiger partial charge in [0, 0.05) is 11.9 Å². The van der Waals surface area contributed by atoms with Gasteiger partial charge in [-0.15, -0.1) is 17.0 Å². The molecular formula is C12H18Br2FN. The van der Waals surface area contributed by atoms with E-state index in [0.29, 0.717) is 0 Å². The topological polar surface area (TPSA) is 3.24 Å². The summed E-state index contributed by atoms with van der Waals surface area (Å²) < 4.78 is 12.7. The van der Waals surface area contributed by atoms with Crippen LogP contribution in [0.25, 0.3) is 0 Å². The number of alkyl halides is 1. The van der Waals surface area contributed by atoms with E-state index in [1.807, 2.05) is 12.1 Å². The Labute approximate surface area is 116 Å². The number of nitrogens with zero attached hydrogens (tertiary/aromatic N) is 1. The molecule has 0 saturated heterocycles. The highest BCUT2D eigenvalue weighted by atomic mass is 79.9. The third-order valence-corrected chi connectivity index (χ3v) is 2.85. The SMILES string of the molecule is Br.CN(CCCCBr)Cc1ccc(F)cc1. The molecule has 0 aliphatic heterocycles. The van der Waals surface area contributed by atoms with E-state index < -0.39 is 0 Å². The molecule has 0 atom stereocenters. The summed E-state index contributed by atoms with van der Waals surface area (Å²) in [7, 11) is 2.09. The highest BCUT2D eigenvalue weighted by Crippen LogP contribution is 2.06. The van der Waals surface area contributed by atoms with Gasteiger partial charge in [-0.1, -0.05) is 28.1 Å². The Balaban J connectivity index is 0.00000225. The van der Waals surface area contributed by atoms with Crippen molar-refractivity contribution in [2.75, 3.05) is 18.9 Å². The second kappa shape index (κ2) is 9.14. The van der Waals surface area contributed by atoms with Crippen LogP contribution in [-0.4, -0.2) is 23.8 Å². The number of hydrogen-bond acceptors (Lipinski definition) is 1. The van der Waals surface area contributed by atoms with Crippen molar-refractivity contribution in [3.05, 3.63) is 35.6 Å². The maximum absolute atomic E-state index is 12.7. The molecule has 0 aliphatic carbocycles. The van der Waals surface area contributed by atoms with Crippen molar-refractivity contribution >= 4 is 32.9 Å². The molecule has 1 aromatic carbocycles. The fraction of sp³-hybridized carbons (Fsp3) is 0.500. The van der Waals surface area contributed by atoms with E-state index in [4.69, 9.17) is 0 Å². The predicted molar refractivity (Wildman–Crippen MR) is 76.1 cm³/mol. The molecule has 0 amide bonds. The molecule has 0 aliphatic rings. The zero-order chi connectivity index (χ0) is 11.1. The molecule has 0 radical (unpaired) electrons. The van der Waals surface area contributed by atoms with Crippen molar-refractivity contribution in [2.45, 2.75) is 19.4 Å². The first-order chi connectivity index (χ1) is 7.22. The first-order valence-corrected chi connectivity index (χ1v) is 6.33. The molecule has 0 spiro atoms. The van der Waals surface area contributed by atoms with Gasteiger partial charge in [-0.3, -0.25) is 0 Å². The lowest BCUT2D eigenvalue weighted by Gasteiger charge is -2.16. The Bertz CT molecular complexity index is 277. The molecule has 1 rings (SSSR count). The second-order valence-corrected chi connectivity index (χ2v) is 4.55. The number of rotatable bonds is 6. The first kappa shape index (κ1) is 16.1. The normalized spacial score (nSPS) is 10.2. The van der Waals surface area contributed by atoms with Gasteiger partial charge in [-0.25, -0.2) is 4.39 Å². The van der Waals surface area contributed by atoms with Gasteiger partial charge in [0.1, 0.15) is 5.82 Å². The van der Waals surface area contributed by atoms with E-state index in [9.17, 15) is 4.39 Å². The number of unbranched alkanes of at least 4 members (excludes halogenated alkanes) is 1. The monoisotopic (exact) mass is 353 g/mol. The highest BCUT2D eigenvalue weighted by molar-refractivity contribution is 9.09. The van der Waals surface area contributed by atoms with Crippen molar-refractivity contribution < 1.29 is 4.39 Å². The van der Waals surface area contributed by atoms with E-state index in [1.165, 1.54) is 25.0 Å². The van der Waals surface area contributed by atoms with Crippen LogP contribution >= 0.6 is 32.9 Å². The lowest BCUT2D eigenvalue weighted by atomic mass is 10.2. The van der Waals surface area contributed by atoms with Crippen molar-refractivity contribution in [3.8, 4) is 0 Å². The van der Waals surface area contributed by atoms with Gasteiger partial charge in [-0.2, -0.15) is 0 Å². The maximum atomic E-state index is 12.7. The van der Waals surface area contributed by atoms with Crippen LogP contribution in [0.1, 0.15) is 18.4 Å². The fourth-order valence-electron chi connectivity index (χ4n) is 1.46. The summed E-state index contributed by atoms with van der Waals surface area (Å²) in [5, 5.41) is 1.07. The van der Waals surface area contributed by atoms with Crippen LogP contribution in [-0.2, 0) is 6.54 Å². The Morgan fingerprint density at radius 3 is 2.38 bits per heavy atom. The molecule has 0 aromatic heterocycles. The molecular weight excluding hydrogens is 337 g/mol. The molecule has 0 unspecified atom stereocenters. The first-order valence-electron chi connectivity index (χ1n) is 5.21. The quantitative estimate of drug-likeness (QED) is 0.551. The van der Waals surface area contributed by atoms with Gasteiger partial charge in [0.25, 0.3) is 0 Å². The molecule has 0 fully saturated rings. The smallest absolute Gasteiger partial charge is 0.123 e. The molecule has 0 heterocycles. The standard InChI is InChI=1S/C12H17BrFN.BrH/c1-15(9-3-2-8-13)10-11-4-6-12(14)7-5-11;/h4-7H,2-3,8-10H2,1H3;1H. The van der Waals surface area contributed by atoms with Crippen LogP contribution in [0.4, 0.5) is 4.39 Å². The summed E-state index contributed by atoms with van der Waals surface area (Å²) in [5.74, 6) is -0.166. The highest BCUT2D eigenvalue weighted by Gasteiger charge is 2.00. The Morgan fingerprint density at radius 2 is 1.81 bits per heavy atom. The summed E-state index contributed by atoms with van der Waals surface area (Å²) in [6.07, 6.45) is 2.40. The van der Waals surface area contributed by atoms with Crippen LogP contribution in [0.3, 0.4) is 0 Å². The summed E-state index contributed by atoms with van der Waals surface area (Å²) >= 11 is 3.41. The summed E-state index contributed by atoms with van der Waals surface area (Å²) in [4.78, 5) is 2.26. The number of halogens is 3. The van der Waals surface area contributed by atoms with E-state index in [-0.39, 0.29) is 22.8 Å². The van der Waals surface area contributed by atoms with Crippen LogP contribution in [0.2, 0.25) is 0 Å². The minimum atomic E-state index is -0.166. The fourth-order valence-corrected chi connectivity index (χ4v) is 1.85. The average molecular weight is 355 g/mol. The lowest BCUT2D eigenvalue weighted by Crippen LogP contribution is -2.19. The largest absolute Gasteiger partial charge is 0.302 e. The Hall–Kier alpha value is 0.0700. The summed E-state index contributed by atoms with van der Waals surface area (Å²) in [5.41, 5.74) is 1.16. The zero-order valence-corrected chi connectivity index (χ0v) is 12.8. The molecule has 1 aromatic rings. The minimum absolute atomic E-state index is 0. The molecule has 4 heteroatoms. The van der Waals surface area contributed by atoms with Gasteiger partial charge in [0.05, 0.1) is 0 Å². The van der Waals surface area contributed by atoms with Gasteiger partial charge < -0.3 is 4.90 Å². The van der Waals surface area contributed by atoms with Crippen molar-refractivity contribution in [3.63, 3.8) is 0 Å². The van der Waals surface area contributed by atoms with E-state index in [1.54, 1.807) is 0 Å². The van der Waals surface area contributed by atoms with E-state index in [0.717, 1.165) is 24.0 Å². The average Bonchev–Trinajstić information content (AvgIpc) is 2.22. The predicted octanol–water partition coefficient (Wildman–Crippen LogP) is 4.01. The van der Waals surface area contributed by atoms with Gasteiger partial charge in [0.15, 0.2) is 0 Å². The zero-order valence-electron chi connectivity index (χ0n) is 9.46. The van der Waals surface area contributed by atoms with Gasteiger partial charge in [-0.05, 0) is 44.1 Å². The molecule has 1 nitrogen and oxygen atoms in total. The Morgan fingerprint density at radius 1 is 1.19 bits per heavy atom. The van der Waals surface area contributed by atoms with Gasteiger partial charge >= 0.3 is 0 Å². The molecule has 0 N–H and O–H groups in total. The molecule has 16 heavy (non-hydrogen) atoms. The molecule has 92 valence electrons. The maximum Gasteiger partial charge on any atom is 0.123 e. The lowest BCUT2D eigenvalue weighted by molar-refractivity contribution is 0.321. The van der Waals surface area contributed by atoms with Crippen LogP contribution in [0.15, 0.2) is 24.3 Å². The third kappa shape index (κ3) is 6.61. The molecule has 0 saturated carbocycles. The minimum Gasteiger partial charge on any atom is -0.302 e. The summed E-state index contributed by atoms with van der Waals surface area (Å²) in [6.45, 7) is 1.98. The van der Waals surface area contributed by atoms with Crippen molar-refractivity contribution in [1.29, 1.82) is 0 Å². The van der Waals surface area contributed by atoms with Crippen LogP contribution in [0.5, 0.6) is 0 Å². The number of benzene rings is 1. The van der Waals surface area contributed by atoms with Crippen molar-refractivity contribution in [1.82, 2.24) is 4.90 Å². The van der Waals surface area contributed by atoms with Crippen molar-refractivity contribution in [2.24, 2.45) is 0 Å². The van der Waals surface area contributed by atoms with E-state index >= 15 is 0 Å². The van der Waals surface area contributed by atoms with Crippen LogP contribution in [0, 0.1) is 5.82 Å².